The minimum absolute atomic E-state index is 0.107. The number of nitro groups is 1. The first-order valence-electron chi connectivity index (χ1n) is 8.54. The second-order valence-corrected chi connectivity index (χ2v) is 6.07. The van der Waals surface area contributed by atoms with Gasteiger partial charge in [-0.25, -0.2) is 0 Å². The van der Waals surface area contributed by atoms with Gasteiger partial charge in [0.2, 0.25) is 0 Å². The third kappa shape index (κ3) is 5.97. The molecule has 0 heterocycles. The predicted molar refractivity (Wildman–Crippen MR) is 95.8 cm³/mol. The van der Waals surface area contributed by atoms with Gasteiger partial charge in [-0.3, -0.25) is 14.9 Å². The first kappa shape index (κ1) is 21.2. The van der Waals surface area contributed by atoms with Gasteiger partial charge in [-0.15, -0.1) is 0 Å². The fraction of sp³-hybridized carbons (Fsp3) is 0.316. The smallest absolute Gasteiger partial charge is 0.416 e. The number of halogens is 3. The summed E-state index contributed by atoms with van der Waals surface area (Å²) in [5, 5.41) is 13.3. The molecule has 28 heavy (non-hydrogen) atoms. The van der Waals surface area contributed by atoms with Gasteiger partial charge in [-0.1, -0.05) is 25.5 Å². The Bertz CT molecular complexity index is 823. The summed E-state index contributed by atoms with van der Waals surface area (Å²) >= 11 is 0. The molecule has 1 unspecified atom stereocenters. The normalized spacial score (nSPS) is 12.3. The summed E-state index contributed by atoms with van der Waals surface area (Å²) < 4.78 is 44.0. The van der Waals surface area contributed by atoms with Gasteiger partial charge in [0, 0.05) is 12.1 Å². The largest absolute Gasteiger partial charge is 0.484 e. The zero-order valence-corrected chi connectivity index (χ0v) is 15.0. The van der Waals surface area contributed by atoms with Gasteiger partial charge in [0.15, 0.2) is 6.61 Å². The number of benzene rings is 2. The van der Waals surface area contributed by atoms with E-state index in [9.17, 15) is 28.1 Å². The van der Waals surface area contributed by atoms with E-state index < -0.39 is 28.6 Å². The number of nitrogens with zero attached hydrogens (tertiary/aromatic N) is 1. The van der Waals surface area contributed by atoms with Crippen LogP contribution in [0.2, 0.25) is 0 Å². The summed E-state index contributed by atoms with van der Waals surface area (Å²) in [6.07, 6.45) is -3.34. The van der Waals surface area contributed by atoms with E-state index in [1.165, 1.54) is 36.4 Å². The first-order valence-corrected chi connectivity index (χ1v) is 8.54. The van der Waals surface area contributed by atoms with Crippen LogP contribution in [-0.2, 0) is 11.0 Å². The summed E-state index contributed by atoms with van der Waals surface area (Å²) in [5.41, 5.74) is -0.521. The zero-order chi connectivity index (χ0) is 20.7. The maximum absolute atomic E-state index is 12.9. The number of carbonyl (C=O) groups is 1. The van der Waals surface area contributed by atoms with Crippen molar-refractivity contribution in [2.45, 2.75) is 32.0 Å². The van der Waals surface area contributed by atoms with Gasteiger partial charge >= 0.3 is 6.18 Å². The monoisotopic (exact) mass is 396 g/mol. The van der Waals surface area contributed by atoms with Crippen LogP contribution in [0.1, 0.15) is 36.9 Å². The van der Waals surface area contributed by atoms with Crippen LogP contribution in [0, 0.1) is 10.1 Å². The maximum Gasteiger partial charge on any atom is 0.416 e. The molecule has 0 aliphatic rings. The Morgan fingerprint density at radius 1 is 1.21 bits per heavy atom. The topological polar surface area (TPSA) is 81.5 Å². The Hall–Kier alpha value is -3.10. The molecule has 6 nitrogen and oxygen atoms in total. The molecule has 1 N–H and O–H groups in total. The third-order valence-corrected chi connectivity index (χ3v) is 3.95. The van der Waals surface area contributed by atoms with E-state index in [-0.39, 0.29) is 18.0 Å². The second-order valence-electron chi connectivity index (χ2n) is 6.07. The van der Waals surface area contributed by atoms with Gasteiger partial charge in [-0.2, -0.15) is 13.2 Å². The molecule has 0 radical (unpaired) electrons. The number of non-ortho nitro benzene ring substituents is 1. The van der Waals surface area contributed by atoms with Crippen LogP contribution in [-0.4, -0.2) is 17.4 Å². The Morgan fingerprint density at radius 2 is 1.89 bits per heavy atom. The lowest BCUT2D eigenvalue weighted by Gasteiger charge is -2.20. The van der Waals surface area contributed by atoms with Gasteiger partial charge in [-0.05, 0) is 36.2 Å². The Morgan fingerprint density at radius 3 is 2.46 bits per heavy atom. The molecule has 150 valence electrons. The van der Waals surface area contributed by atoms with Crippen molar-refractivity contribution in [3.05, 3.63) is 69.8 Å². The fourth-order valence-electron chi connectivity index (χ4n) is 2.59. The molecule has 0 aliphatic heterocycles. The molecule has 0 saturated carbocycles. The molecule has 2 aromatic rings. The highest BCUT2D eigenvalue weighted by molar-refractivity contribution is 5.78. The zero-order valence-electron chi connectivity index (χ0n) is 15.0. The van der Waals surface area contributed by atoms with Crippen LogP contribution in [0.4, 0.5) is 18.9 Å². The SMILES string of the molecule is CCCC(NC(=O)COc1ccc([N+](=O)[O-])cc1)c1cccc(C(F)(F)F)c1. The van der Waals surface area contributed by atoms with Crippen molar-refractivity contribution in [1.82, 2.24) is 5.32 Å². The Kier molecular flexibility index (Phi) is 6.97. The van der Waals surface area contributed by atoms with E-state index in [4.69, 9.17) is 4.74 Å². The molecule has 1 amide bonds. The third-order valence-electron chi connectivity index (χ3n) is 3.95. The van der Waals surface area contributed by atoms with E-state index in [1.807, 2.05) is 6.92 Å². The van der Waals surface area contributed by atoms with E-state index in [2.05, 4.69) is 5.32 Å². The van der Waals surface area contributed by atoms with E-state index in [1.54, 1.807) is 0 Å². The minimum Gasteiger partial charge on any atom is -0.484 e. The lowest BCUT2D eigenvalue weighted by molar-refractivity contribution is -0.384. The number of alkyl halides is 3. The Labute approximate surface area is 159 Å². The van der Waals surface area contributed by atoms with Crippen molar-refractivity contribution in [3.8, 4) is 5.75 Å². The quantitative estimate of drug-likeness (QED) is 0.520. The van der Waals surface area contributed by atoms with Crippen molar-refractivity contribution >= 4 is 11.6 Å². The van der Waals surface area contributed by atoms with Crippen LogP contribution in [0.15, 0.2) is 48.5 Å². The molecule has 0 bridgehead atoms. The van der Waals surface area contributed by atoms with Crippen LogP contribution in [0.3, 0.4) is 0 Å². The molecular formula is C19H19F3N2O4. The average molecular weight is 396 g/mol. The van der Waals surface area contributed by atoms with Gasteiger partial charge in [0.25, 0.3) is 11.6 Å². The van der Waals surface area contributed by atoms with Gasteiger partial charge in [0.05, 0.1) is 16.5 Å². The number of carbonyl (C=O) groups excluding carboxylic acids is 1. The van der Waals surface area contributed by atoms with Gasteiger partial charge in [0.1, 0.15) is 5.75 Å². The van der Waals surface area contributed by atoms with E-state index in [0.29, 0.717) is 18.4 Å². The molecular weight excluding hydrogens is 377 g/mol. The minimum atomic E-state index is -4.46. The molecule has 0 saturated heterocycles. The summed E-state index contributed by atoms with van der Waals surface area (Å²) in [4.78, 5) is 22.2. The van der Waals surface area contributed by atoms with Crippen molar-refractivity contribution in [3.63, 3.8) is 0 Å². The number of nitrogens with one attached hydrogen (secondary N) is 1. The van der Waals surface area contributed by atoms with Crippen LogP contribution >= 0.6 is 0 Å². The number of hydrogen-bond donors (Lipinski definition) is 1. The van der Waals surface area contributed by atoms with Crippen molar-refractivity contribution in [1.29, 1.82) is 0 Å². The van der Waals surface area contributed by atoms with Crippen molar-refractivity contribution < 1.29 is 27.6 Å². The molecule has 0 aromatic heterocycles. The maximum atomic E-state index is 12.9. The number of rotatable bonds is 8. The van der Waals surface area contributed by atoms with Crippen LogP contribution in [0.25, 0.3) is 0 Å². The van der Waals surface area contributed by atoms with Crippen LogP contribution < -0.4 is 10.1 Å². The summed E-state index contributed by atoms with van der Waals surface area (Å²) in [6.45, 7) is 1.50. The standard InChI is InChI=1S/C19H19F3N2O4/c1-2-4-17(13-5-3-6-14(11-13)19(20,21)22)23-18(25)12-28-16-9-7-15(8-10-16)24(26)27/h3,5-11,17H,2,4,12H2,1H3,(H,23,25). The molecule has 9 heteroatoms. The molecule has 0 fully saturated rings. The Balaban J connectivity index is 2.01. The molecule has 0 spiro atoms. The van der Waals surface area contributed by atoms with Crippen molar-refractivity contribution in [2.24, 2.45) is 0 Å². The van der Waals surface area contributed by atoms with Crippen LogP contribution in [0.5, 0.6) is 5.75 Å². The molecule has 1 atom stereocenters. The van der Waals surface area contributed by atoms with Crippen molar-refractivity contribution in [2.75, 3.05) is 6.61 Å². The highest BCUT2D eigenvalue weighted by Crippen LogP contribution is 2.31. The molecule has 0 aliphatic carbocycles. The highest BCUT2D eigenvalue weighted by Gasteiger charge is 2.31. The lowest BCUT2D eigenvalue weighted by Crippen LogP contribution is -2.32. The summed E-state index contributed by atoms with van der Waals surface area (Å²) in [7, 11) is 0. The number of hydrogen-bond acceptors (Lipinski definition) is 4. The number of ether oxygens (including phenoxy) is 1. The molecule has 2 aromatic carbocycles. The fourth-order valence-corrected chi connectivity index (χ4v) is 2.59. The molecule has 2 rings (SSSR count). The van der Waals surface area contributed by atoms with E-state index >= 15 is 0 Å². The first-order chi connectivity index (χ1) is 13.2. The number of nitro benzene ring substituents is 1. The second kappa shape index (κ2) is 9.20. The average Bonchev–Trinajstić information content (AvgIpc) is 2.66. The summed E-state index contributed by atoms with van der Waals surface area (Å²) in [5.74, 6) is -0.235. The van der Waals surface area contributed by atoms with Gasteiger partial charge < -0.3 is 10.1 Å². The van der Waals surface area contributed by atoms with E-state index in [0.717, 1.165) is 12.1 Å². The summed E-state index contributed by atoms with van der Waals surface area (Å²) in [6, 6.07) is 9.48. The number of amides is 1. The lowest BCUT2D eigenvalue weighted by atomic mass is 10.00. The highest BCUT2D eigenvalue weighted by atomic mass is 19.4. The predicted octanol–water partition coefficient (Wildman–Crippen LogP) is 4.65.